The van der Waals surface area contributed by atoms with Gasteiger partial charge in [-0.05, 0) is 17.7 Å². The highest BCUT2D eigenvalue weighted by Crippen LogP contribution is 2.23. The van der Waals surface area contributed by atoms with Gasteiger partial charge in [0.2, 0.25) is 0 Å². The molecule has 0 bridgehead atoms. The minimum Gasteiger partial charge on any atom is -0.329 e. The summed E-state index contributed by atoms with van der Waals surface area (Å²) in [5, 5.41) is 1.13. The SMILES string of the molecule is NCc1nccn1Cc1ccc(Cl)c(Cl)c1. The van der Waals surface area contributed by atoms with E-state index in [2.05, 4.69) is 4.98 Å². The van der Waals surface area contributed by atoms with Gasteiger partial charge in [0.05, 0.1) is 16.6 Å². The van der Waals surface area contributed by atoms with E-state index in [9.17, 15) is 0 Å². The van der Waals surface area contributed by atoms with Gasteiger partial charge in [-0.25, -0.2) is 4.98 Å². The molecule has 2 rings (SSSR count). The molecule has 84 valence electrons. The molecule has 5 heteroatoms. The van der Waals surface area contributed by atoms with E-state index in [1.54, 1.807) is 12.3 Å². The summed E-state index contributed by atoms with van der Waals surface area (Å²) in [7, 11) is 0. The van der Waals surface area contributed by atoms with Crippen molar-refractivity contribution in [1.29, 1.82) is 0 Å². The van der Waals surface area contributed by atoms with Crippen molar-refractivity contribution in [3.8, 4) is 0 Å². The van der Waals surface area contributed by atoms with E-state index in [1.165, 1.54) is 0 Å². The van der Waals surface area contributed by atoms with Crippen LogP contribution in [0.5, 0.6) is 0 Å². The summed E-state index contributed by atoms with van der Waals surface area (Å²) >= 11 is 11.8. The quantitative estimate of drug-likeness (QED) is 0.917. The second-order valence-corrected chi connectivity index (χ2v) is 4.24. The maximum atomic E-state index is 5.95. The lowest BCUT2D eigenvalue weighted by molar-refractivity contribution is 0.724. The van der Waals surface area contributed by atoms with Gasteiger partial charge in [0, 0.05) is 18.9 Å². The predicted octanol–water partition coefficient (Wildman–Crippen LogP) is 2.70. The van der Waals surface area contributed by atoms with E-state index in [4.69, 9.17) is 28.9 Å². The second-order valence-electron chi connectivity index (χ2n) is 3.42. The molecular weight excluding hydrogens is 245 g/mol. The van der Waals surface area contributed by atoms with Crippen molar-refractivity contribution in [2.45, 2.75) is 13.1 Å². The third-order valence-corrected chi connectivity index (χ3v) is 3.06. The van der Waals surface area contributed by atoms with Crippen molar-refractivity contribution in [2.24, 2.45) is 5.73 Å². The fourth-order valence-electron chi connectivity index (χ4n) is 1.51. The molecule has 0 aliphatic rings. The zero-order chi connectivity index (χ0) is 11.5. The van der Waals surface area contributed by atoms with Crippen molar-refractivity contribution in [1.82, 2.24) is 9.55 Å². The molecule has 2 aromatic rings. The zero-order valence-corrected chi connectivity index (χ0v) is 10.0. The predicted molar refractivity (Wildman–Crippen MR) is 65.7 cm³/mol. The number of rotatable bonds is 3. The van der Waals surface area contributed by atoms with Crippen LogP contribution in [-0.2, 0) is 13.1 Å². The first-order chi connectivity index (χ1) is 7.70. The molecule has 0 aliphatic carbocycles. The molecular formula is C11H11Cl2N3. The Morgan fingerprint density at radius 2 is 2.06 bits per heavy atom. The van der Waals surface area contributed by atoms with Crippen molar-refractivity contribution < 1.29 is 0 Å². The summed E-state index contributed by atoms with van der Waals surface area (Å²) < 4.78 is 1.99. The van der Waals surface area contributed by atoms with Gasteiger partial charge < -0.3 is 10.3 Å². The van der Waals surface area contributed by atoms with Gasteiger partial charge in [-0.15, -0.1) is 0 Å². The molecule has 0 atom stereocenters. The highest BCUT2D eigenvalue weighted by atomic mass is 35.5. The number of halogens is 2. The molecule has 2 N–H and O–H groups in total. The van der Waals surface area contributed by atoms with Gasteiger partial charge >= 0.3 is 0 Å². The number of benzene rings is 1. The lowest BCUT2D eigenvalue weighted by Crippen LogP contribution is -2.08. The van der Waals surface area contributed by atoms with Crippen molar-refractivity contribution in [3.05, 3.63) is 52.0 Å². The van der Waals surface area contributed by atoms with E-state index < -0.39 is 0 Å². The molecule has 0 spiro atoms. The van der Waals surface area contributed by atoms with Gasteiger partial charge in [-0.3, -0.25) is 0 Å². The monoisotopic (exact) mass is 255 g/mol. The Kier molecular flexibility index (Phi) is 3.49. The average molecular weight is 256 g/mol. The molecule has 0 saturated carbocycles. The van der Waals surface area contributed by atoms with Crippen LogP contribution in [0.3, 0.4) is 0 Å². The molecule has 0 fully saturated rings. The first kappa shape index (κ1) is 11.5. The van der Waals surface area contributed by atoms with Gasteiger partial charge in [-0.1, -0.05) is 29.3 Å². The van der Waals surface area contributed by atoms with Crippen LogP contribution in [-0.4, -0.2) is 9.55 Å². The topological polar surface area (TPSA) is 43.8 Å². The van der Waals surface area contributed by atoms with Crippen LogP contribution in [0, 0.1) is 0 Å². The fraction of sp³-hybridized carbons (Fsp3) is 0.182. The Balaban J connectivity index is 2.24. The molecule has 1 heterocycles. The van der Waals surface area contributed by atoms with E-state index in [0.717, 1.165) is 11.4 Å². The Labute approximate surface area is 104 Å². The molecule has 0 aliphatic heterocycles. The van der Waals surface area contributed by atoms with Crippen molar-refractivity contribution >= 4 is 23.2 Å². The Morgan fingerprint density at radius 1 is 1.25 bits per heavy atom. The van der Waals surface area contributed by atoms with Crippen LogP contribution in [0.4, 0.5) is 0 Å². The summed E-state index contributed by atoms with van der Waals surface area (Å²) in [4.78, 5) is 4.15. The lowest BCUT2D eigenvalue weighted by Gasteiger charge is -2.07. The summed E-state index contributed by atoms with van der Waals surface area (Å²) in [5.41, 5.74) is 6.64. The number of imidazole rings is 1. The van der Waals surface area contributed by atoms with Crippen LogP contribution < -0.4 is 5.73 Å². The number of hydrogen-bond acceptors (Lipinski definition) is 2. The molecule has 0 unspecified atom stereocenters. The third-order valence-electron chi connectivity index (χ3n) is 2.32. The average Bonchev–Trinajstić information content (AvgIpc) is 2.71. The Hall–Kier alpha value is -1.03. The summed E-state index contributed by atoms with van der Waals surface area (Å²) in [6, 6.07) is 5.58. The largest absolute Gasteiger partial charge is 0.329 e. The molecule has 1 aromatic carbocycles. The van der Waals surface area contributed by atoms with Crippen LogP contribution in [0.2, 0.25) is 10.0 Å². The first-order valence-corrected chi connectivity index (χ1v) is 5.60. The number of nitrogens with zero attached hydrogens (tertiary/aromatic N) is 2. The number of hydrogen-bond donors (Lipinski definition) is 1. The number of aromatic nitrogens is 2. The van der Waals surface area contributed by atoms with Crippen LogP contribution in [0.25, 0.3) is 0 Å². The highest BCUT2D eigenvalue weighted by molar-refractivity contribution is 6.42. The third kappa shape index (κ3) is 2.38. The summed E-state index contributed by atoms with van der Waals surface area (Å²) in [6.45, 7) is 1.12. The maximum absolute atomic E-state index is 5.95. The van der Waals surface area contributed by atoms with E-state index in [-0.39, 0.29) is 0 Å². The van der Waals surface area contributed by atoms with Crippen LogP contribution in [0.1, 0.15) is 11.4 Å². The molecule has 1 aromatic heterocycles. The van der Waals surface area contributed by atoms with Gasteiger partial charge in [0.1, 0.15) is 5.82 Å². The Morgan fingerprint density at radius 3 is 2.75 bits per heavy atom. The van der Waals surface area contributed by atoms with Crippen molar-refractivity contribution in [2.75, 3.05) is 0 Å². The fourth-order valence-corrected chi connectivity index (χ4v) is 1.83. The number of nitrogens with two attached hydrogens (primary N) is 1. The molecule has 0 radical (unpaired) electrons. The van der Waals surface area contributed by atoms with Gasteiger partial charge in [0.15, 0.2) is 0 Å². The highest BCUT2D eigenvalue weighted by Gasteiger charge is 2.03. The van der Waals surface area contributed by atoms with Gasteiger partial charge in [-0.2, -0.15) is 0 Å². The lowest BCUT2D eigenvalue weighted by atomic mass is 10.2. The van der Waals surface area contributed by atoms with Gasteiger partial charge in [0.25, 0.3) is 0 Å². The molecule has 16 heavy (non-hydrogen) atoms. The minimum absolute atomic E-state index is 0.425. The first-order valence-electron chi connectivity index (χ1n) is 4.84. The maximum Gasteiger partial charge on any atom is 0.122 e. The van der Waals surface area contributed by atoms with Crippen molar-refractivity contribution in [3.63, 3.8) is 0 Å². The molecule has 0 amide bonds. The summed E-state index contributed by atoms with van der Waals surface area (Å²) in [6.07, 6.45) is 3.63. The summed E-state index contributed by atoms with van der Waals surface area (Å²) in [5.74, 6) is 0.853. The molecule has 3 nitrogen and oxygen atoms in total. The van der Waals surface area contributed by atoms with E-state index in [1.807, 2.05) is 22.9 Å². The van der Waals surface area contributed by atoms with E-state index in [0.29, 0.717) is 23.1 Å². The molecule has 0 saturated heterocycles. The Bertz CT molecular complexity index is 494. The smallest absolute Gasteiger partial charge is 0.122 e. The zero-order valence-electron chi connectivity index (χ0n) is 8.53. The normalized spacial score (nSPS) is 10.7. The van der Waals surface area contributed by atoms with Crippen LogP contribution in [0.15, 0.2) is 30.6 Å². The minimum atomic E-state index is 0.425. The standard InChI is InChI=1S/C11H11Cl2N3/c12-9-2-1-8(5-10(9)13)7-16-4-3-15-11(16)6-14/h1-5H,6-7,14H2. The van der Waals surface area contributed by atoms with E-state index >= 15 is 0 Å². The second kappa shape index (κ2) is 4.87. The van der Waals surface area contributed by atoms with Crippen LogP contribution >= 0.6 is 23.2 Å².